The molecule has 0 unspecified atom stereocenters. The summed E-state index contributed by atoms with van der Waals surface area (Å²) in [6, 6.07) is 4.99. The first-order chi connectivity index (χ1) is 9.08. The van der Waals surface area contributed by atoms with E-state index >= 15 is 0 Å². The minimum atomic E-state index is -0.265. The highest BCUT2D eigenvalue weighted by molar-refractivity contribution is 7.13. The van der Waals surface area contributed by atoms with Gasteiger partial charge in [-0.2, -0.15) is 0 Å². The van der Waals surface area contributed by atoms with Gasteiger partial charge in [0.15, 0.2) is 5.13 Å². The van der Waals surface area contributed by atoms with Gasteiger partial charge in [0, 0.05) is 11.8 Å². The van der Waals surface area contributed by atoms with Gasteiger partial charge < -0.3 is 11.1 Å². The number of carbonyl (C=O) groups excluding carboxylic acids is 1. The van der Waals surface area contributed by atoms with Gasteiger partial charge in [-0.15, -0.1) is 11.3 Å². The Morgan fingerprint density at radius 1 is 1.53 bits per heavy atom. The first-order valence-corrected chi connectivity index (χ1v) is 6.66. The van der Waals surface area contributed by atoms with Crippen molar-refractivity contribution in [3.05, 3.63) is 46.2 Å². The zero-order valence-electron chi connectivity index (χ0n) is 10.4. The minimum Gasteiger partial charge on any atom is -0.322 e. The molecular formula is C13H14FN3OS. The summed E-state index contributed by atoms with van der Waals surface area (Å²) in [4.78, 5) is 15.4. The number of nitrogens with two attached hydrogens (primary N) is 1. The molecule has 0 aliphatic carbocycles. The van der Waals surface area contributed by atoms with E-state index in [0.29, 0.717) is 17.1 Å². The molecular weight excluding hydrogens is 265 g/mol. The summed E-state index contributed by atoms with van der Waals surface area (Å²) in [5.41, 5.74) is 7.65. The summed E-state index contributed by atoms with van der Waals surface area (Å²) in [6.45, 7) is 1.67. The molecule has 1 aromatic heterocycles. The van der Waals surface area contributed by atoms with E-state index in [2.05, 4.69) is 10.3 Å². The van der Waals surface area contributed by atoms with Crippen molar-refractivity contribution in [1.29, 1.82) is 0 Å². The van der Waals surface area contributed by atoms with Crippen molar-refractivity contribution in [3.63, 3.8) is 0 Å². The number of hydrogen-bond acceptors (Lipinski definition) is 4. The molecule has 1 heterocycles. The lowest BCUT2D eigenvalue weighted by Crippen LogP contribution is -2.21. The molecule has 100 valence electrons. The summed E-state index contributed by atoms with van der Waals surface area (Å²) < 4.78 is 13.2. The molecule has 6 heteroatoms. The van der Waals surface area contributed by atoms with Gasteiger partial charge in [0.2, 0.25) is 5.91 Å². The Labute approximate surface area is 114 Å². The lowest BCUT2D eigenvalue weighted by molar-refractivity contribution is -0.114. The van der Waals surface area contributed by atoms with Crippen molar-refractivity contribution in [3.8, 4) is 0 Å². The van der Waals surface area contributed by atoms with Crippen LogP contribution in [0.25, 0.3) is 0 Å². The summed E-state index contributed by atoms with van der Waals surface area (Å²) >= 11 is 1.35. The number of aryl methyl sites for hydroxylation is 1. The minimum absolute atomic E-state index is 0.0634. The predicted molar refractivity (Wildman–Crippen MR) is 73.7 cm³/mol. The van der Waals surface area contributed by atoms with Crippen LogP contribution in [0, 0.1) is 12.7 Å². The lowest BCUT2D eigenvalue weighted by Gasteiger charge is -2.01. The quantitative estimate of drug-likeness (QED) is 0.900. The highest BCUT2D eigenvalue weighted by Gasteiger charge is 2.06. The highest BCUT2D eigenvalue weighted by Crippen LogP contribution is 2.19. The van der Waals surface area contributed by atoms with Gasteiger partial charge in [-0.05, 0) is 24.1 Å². The zero-order valence-corrected chi connectivity index (χ0v) is 11.3. The second kappa shape index (κ2) is 5.90. The number of amides is 1. The fraction of sp³-hybridized carbons (Fsp3) is 0.231. The number of nitrogens with zero attached hydrogens (tertiary/aromatic N) is 1. The van der Waals surface area contributed by atoms with Crippen LogP contribution in [-0.4, -0.2) is 17.4 Å². The highest BCUT2D eigenvalue weighted by atomic mass is 32.1. The van der Waals surface area contributed by atoms with Gasteiger partial charge in [0.1, 0.15) is 5.82 Å². The van der Waals surface area contributed by atoms with Crippen LogP contribution in [0.15, 0.2) is 23.6 Å². The average molecular weight is 279 g/mol. The van der Waals surface area contributed by atoms with Gasteiger partial charge in [-0.25, -0.2) is 9.37 Å². The Morgan fingerprint density at radius 3 is 3.00 bits per heavy atom. The van der Waals surface area contributed by atoms with Crippen molar-refractivity contribution >= 4 is 22.4 Å². The van der Waals surface area contributed by atoms with Crippen molar-refractivity contribution < 1.29 is 9.18 Å². The lowest BCUT2D eigenvalue weighted by atomic mass is 10.1. The second-order valence-electron chi connectivity index (χ2n) is 4.16. The predicted octanol–water partition coefficient (Wildman–Crippen LogP) is 2.08. The van der Waals surface area contributed by atoms with Crippen LogP contribution in [0.2, 0.25) is 0 Å². The van der Waals surface area contributed by atoms with Gasteiger partial charge in [0.25, 0.3) is 0 Å². The number of hydrogen-bond donors (Lipinski definition) is 2. The summed E-state index contributed by atoms with van der Waals surface area (Å²) in [7, 11) is 0. The van der Waals surface area contributed by atoms with E-state index < -0.39 is 0 Å². The molecule has 0 aliphatic heterocycles. The Kier molecular flexibility index (Phi) is 4.24. The molecule has 0 saturated heterocycles. The molecule has 2 aromatic rings. The standard InChI is InChI=1S/C13H14FN3OS/c1-8-4-9(2-3-11(8)14)5-10-7-19-13(16-10)17-12(18)6-15/h2-4,7H,5-6,15H2,1H3,(H,16,17,18). The monoisotopic (exact) mass is 279 g/mol. The zero-order chi connectivity index (χ0) is 13.8. The van der Waals surface area contributed by atoms with Crippen LogP contribution in [-0.2, 0) is 11.2 Å². The van der Waals surface area contributed by atoms with Crippen LogP contribution in [0.5, 0.6) is 0 Å². The van der Waals surface area contributed by atoms with Gasteiger partial charge in [0.05, 0.1) is 12.2 Å². The van der Waals surface area contributed by atoms with E-state index in [-0.39, 0.29) is 18.3 Å². The summed E-state index contributed by atoms with van der Waals surface area (Å²) in [6.07, 6.45) is 0.607. The van der Waals surface area contributed by atoms with E-state index in [0.717, 1.165) is 11.3 Å². The molecule has 0 bridgehead atoms. The van der Waals surface area contributed by atoms with E-state index in [9.17, 15) is 9.18 Å². The Bertz CT molecular complexity index is 597. The molecule has 0 radical (unpaired) electrons. The maximum atomic E-state index is 13.2. The number of benzene rings is 1. The Hall–Kier alpha value is -1.79. The van der Waals surface area contributed by atoms with Crippen LogP contribution in [0.1, 0.15) is 16.8 Å². The third kappa shape index (κ3) is 3.59. The van der Waals surface area contributed by atoms with E-state index in [1.54, 1.807) is 19.1 Å². The SMILES string of the molecule is Cc1cc(Cc2csc(NC(=O)CN)n2)ccc1F. The van der Waals surface area contributed by atoms with Crippen LogP contribution in [0.4, 0.5) is 9.52 Å². The topological polar surface area (TPSA) is 68.0 Å². The summed E-state index contributed by atoms with van der Waals surface area (Å²) in [5, 5.41) is 5.00. The fourth-order valence-electron chi connectivity index (χ4n) is 1.64. The largest absolute Gasteiger partial charge is 0.322 e. The molecule has 19 heavy (non-hydrogen) atoms. The first kappa shape index (κ1) is 13.6. The molecule has 0 saturated carbocycles. The number of anilines is 1. The molecule has 0 fully saturated rings. The normalized spacial score (nSPS) is 10.5. The maximum Gasteiger partial charge on any atom is 0.239 e. The van der Waals surface area contributed by atoms with Crippen LogP contribution in [0.3, 0.4) is 0 Å². The Morgan fingerprint density at radius 2 is 2.32 bits per heavy atom. The smallest absolute Gasteiger partial charge is 0.239 e. The van der Waals surface area contributed by atoms with Crippen molar-refractivity contribution in [2.75, 3.05) is 11.9 Å². The molecule has 2 rings (SSSR count). The molecule has 0 spiro atoms. The van der Waals surface area contributed by atoms with Crippen molar-refractivity contribution in [2.24, 2.45) is 5.73 Å². The van der Waals surface area contributed by atoms with E-state index in [1.807, 2.05) is 5.38 Å². The van der Waals surface area contributed by atoms with E-state index in [4.69, 9.17) is 5.73 Å². The molecule has 4 nitrogen and oxygen atoms in total. The van der Waals surface area contributed by atoms with Gasteiger partial charge in [-0.1, -0.05) is 12.1 Å². The van der Waals surface area contributed by atoms with Crippen molar-refractivity contribution in [2.45, 2.75) is 13.3 Å². The maximum absolute atomic E-state index is 13.2. The molecule has 1 aromatic carbocycles. The number of aromatic nitrogens is 1. The molecule has 0 aliphatic rings. The number of halogens is 1. The second-order valence-corrected chi connectivity index (χ2v) is 5.01. The Balaban J connectivity index is 2.07. The van der Waals surface area contributed by atoms with Gasteiger partial charge in [-0.3, -0.25) is 4.79 Å². The molecule has 1 amide bonds. The molecule has 0 atom stereocenters. The number of carbonyl (C=O) groups is 1. The number of thiazole rings is 1. The van der Waals surface area contributed by atoms with Gasteiger partial charge >= 0.3 is 0 Å². The number of nitrogens with one attached hydrogen (secondary N) is 1. The van der Waals surface area contributed by atoms with E-state index in [1.165, 1.54) is 17.4 Å². The third-order valence-electron chi connectivity index (χ3n) is 2.59. The third-order valence-corrected chi connectivity index (χ3v) is 3.40. The summed E-state index contributed by atoms with van der Waals surface area (Å²) in [5.74, 6) is -0.476. The van der Waals surface area contributed by atoms with Crippen molar-refractivity contribution in [1.82, 2.24) is 4.98 Å². The van der Waals surface area contributed by atoms with Crippen LogP contribution < -0.4 is 11.1 Å². The van der Waals surface area contributed by atoms with Crippen LogP contribution >= 0.6 is 11.3 Å². The molecule has 3 N–H and O–H groups in total. The first-order valence-electron chi connectivity index (χ1n) is 5.78. The fourth-order valence-corrected chi connectivity index (χ4v) is 2.37. The number of rotatable bonds is 4. The average Bonchev–Trinajstić information content (AvgIpc) is 2.81.